The Balaban J connectivity index is 2.08. The summed E-state index contributed by atoms with van der Waals surface area (Å²) in [5.74, 6) is 1.69. The van der Waals surface area contributed by atoms with Gasteiger partial charge in [0, 0.05) is 21.9 Å². The normalized spacial score (nSPS) is 15.5. The van der Waals surface area contributed by atoms with Crippen LogP contribution < -0.4 is 9.47 Å². The fraction of sp³-hybridized carbons (Fsp3) is 0.455. The smallest absolute Gasteiger partial charge is 0.131 e. The first kappa shape index (κ1) is 18.7. The molecule has 0 radical (unpaired) electrons. The third kappa shape index (κ3) is 3.87. The zero-order chi connectivity index (χ0) is 18.5. The van der Waals surface area contributed by atoms with E-state index in [1.807, 2.05) is 38.1 Å². The Morgan fingerprint density at radius 1 is 0.808 bits per heavy atom. The van der Waals surface area contributed by atoms with Gasteiger partial charge >= 0.3 is 0 Å². The number of aliphatic hydroxyl groups excluding tert-OH is 2. The summed E-state index contributed by atoms with van der Waals surface area (Å²) < 4.78 is 12.2. The topological polar surface area (TPSA) is 58.9 Å². The Hall–Kier alpha value is -2.04. The summed E-state index contributed by atoms with van der Waals surface area (Å²) in [7, 11) is 0. The lowest BCUT2D eigenvalue weighted by Gasteiger charge is -2.24. The minimum Gasteiger partial charge on any atom is -0.490 e. The molecular formula is C22H28O4. The Kier molecular flexibility index (Phi) is 6.17. The zero-order valence-electron chi connectivity index (χ0n) is 15.6. The molecule has 0 saturated carbocycles. The Morgan fingerprint density at radius 2 is 1.23 bits per heavy atom. The van der Waals surface area contributed by atoms with E-state index in [1.165, 1.54) is 0 Å². The summed E-state index contributed by atoms with van der Waals surface area (Å²) in [4.78, 5) is 0. The minimum atomic E-state index is -0.473. The van der Waals surface area contributed by atoms with Gasteiger partial charge in [0.1, 0.15) is 24.7 Å². The van der Waals surface area contributed by atoms with Gasteiger partial charge in [-0.1, -0.05) is 50.3 Å². The van der Waals surface area contributed by atoms with Gasteiger partial charge < -0.3 is 19.7 Å². The Bertz CT molecular complexity index is 717. The molecule has 2 atom stereocenters. The Labute approximate surface area is 155 Å². The molecule has 2 aromatic carbocycles. The number of allylic oxidation sites excluding steroid dienone is 2. The van der Waals surface area contributed by atoms with Crippen molar-refractivity contribution in [1.29, 1.82) is 0 Å². The van der Waals surface area contributed by atoms with Crippen LogP contribution in [0.25, 0.3) is 10.8 Å². The summed E-state index contributed by atoms with van der Waals surface area (Å²) in [5, 5.41) is 21.8. The van der Waals surface area contributed by atoms with Crippen molar-refractivity contribution in [2.75, 3.05) is 13.2 Å². The average molecular weight is 356 g/mol. The summed E-state index contributed by atoms with van der Waals surface area (Å²) in [6.07, 6.45) is 6.23. The SMILES string of the molecule is CCC(O)COc1c2c(c(OCC(O)CC)c3ccccc13)CC=CC2. The summed E-state index contributed by atoms with van der Waals surface area (Å²) in [5.41, 5.74) is 2.24. The van der Waals surface area contributed by atoms with Crippen LogP contribution in [0.3, 0.4) is 0 Å². The van der Waals surface area contributed by atoms with E-state index in [0.29, 0.717) is 12.8 Å². The third-order valence-corrected chi connectivity index (χ3v) is 4.92. The highest BCUT2D eigenvalue weighted by Gasteiger charge is 2.22. The molecule has 4 heteroatoms. The van der Waals surface area contributed by atoms with E-state index in [9.17, 15) is 10.2 Å². The molecule has 0 aromatic heterocycles. The molecule has 0 spiro atoms. The van der Waals surface area contributed by atoms with Gasteiger partial charge in [0.25, 0.3) is 0 Å². The van der Waals surface area contributed by atoms with Crippen LogP contribution >= 0.6 is 0 Å². The highest BCUT2D eigenvalue weighted by atomic mass is 16.5. The molecule has 0 aliphatic heterocycles. The molecule has 1 aliphatic rings. The lowest BCUT2D eigenvalue weighted by molar-refractivity contribution is 0.103. The molecule has 4 nitrogen and oxygen atoms in total. The molecule has 2 unspecified atom stereocenters. The van der Waals surface area contributed by atoms with Crippen LogP contribution in [0.4, 0.5) is 0 Å². The maximum absolute atomic E-state index is 9.93. The largest absolute Gasteiger partial charge is 0.490 e. The van der Waals surface area contributed by atoms with Crippen molar-refractivity contribution < 1.29 is 19.7 Å². The monoisotopic (exact) mass is 356 g/mol. The highest BCUT2D eigenvalue weighted by molar-refractivity contribution is 5.96. The quantitative estimate of drug-likeness (QED) is 0.707. The van der Waals surface area contributed by atoms with Gasteiger partial charge in [-0.05, 0) is 25.7 Å². The molecule has 0 heterocycles. The second kappa shape index (κ2) is 8.56. The van der Waals surface area contributed by atoms with E-state index in [0.717, 1.165) is 46.2 Å². The number of ether oxygens (including phenoxy) is 2. The van der Waals surface area contributed by atoms with E-state index in [4.69, 9.17) is 9.47 Å². The minimum absolute atomic E-state index is 0.283. The molecule has 0 fully saturated rings. The molecular weight excluding hydrogens is 328 g/mol. The second-order valence-electron chi connectivity index (χ2n) is 6.79. The number of hydrogen-bond donors (Lipinski definition) is 2. The molecule has 0 bridgehead atoms. The van der Waals surface area contributed by atoms with Gasteiger partial charge in [0.05, 0.1) is 12.2 Å². The van der Waals surface area contributed by atoms with Crippen molar-refractivity contribution >= 4 is 10.8 Å². The Morgan fingerprint density at radius 3 is 1.62 bits per heavy atom. The first-order valence-electron chi connectivity index (χ1n) is 9.48. The van der Waals surface area contributed by atoms with Gasteiger partial charge in [0.15, 0.2) is 0 Å². The zero-order valence-corrected chi connectivity index (χ0v) is 15.6. The summed E-state index contributed by atoms with van der Waals surface area (Å²) in [6.45, 7) is 4.46. The third-order valence-electron chi connectivity index (χ3n) is 4.92. The lowest BCUT2D eigenvalue weighted by Crippen LogP contribution is -2.19. The standard InChI is InChI=1S/C22H28O4/c1-3-15(23)13-25-21-17-9-5-7-11-19(17)22(26-14-16(24)4-2)20-12-8-6-10-18(20)21/h5-9,11,15-16,23-24H,3-4,10,12-14H2,1-2H3. The number of benzene rings is 2. The summed E-state index contributed by atoms with van der Waals surface area (Å²) in [6, 6.07) is 8.04. The first-order chi connectivity index (χ1) is 12.7. The molecule has 2 aromatic rings. The maximum Gasteiger partial charge on any atom is 0.131 e. The van der Waals surface area contributed by atoms with E-state index in [1.54, 1.807) is 0 Å². The van der Waals surface area contributed by atoms with E-state index >= 15 is 0 Å². The molecule has 0 saturated heterocycles. The van der Waals surface area contributed by atoms with Gasteiger partial charge in [-0.3, -0.25) is 0 Å². The predicted octanol–water partition coefficient (Wildman–Crippen LogP) is 3.79. The van der Waals surface area contributed by atoms with Crippen LogP contribution in [0.1, 0.15) is 37.8 Å². The highest BCUT2D eigenvalue weighted by Crippen LogP contribution is 2.43. The number of rotatable bonds is 8. The van der Waals surface area contributed by atoms with E-state index in [-0.39, 0.29) is 13.2 Å². The van der Waals surface area contributed by atoms with Crippen LogP contribution in [-0.2, 0) is 12.8 Å². The fourth-order valence-corrected chi connectivity index (χ4v) is 3.24. The van der Waals surface area contributed by atoms with Gasteiger partial charge in [-0.15, -0.1) is 0 Å². The number of fused-ring (bicyclic) bond motifs is 2. The van der Waals surface area contributed by atoms with Gasteiger partial charge in [-0.2, -0.15) is 0 Å². The van der Waals surface area contributed by atoms with Gasteiger partial charge in [-0.25, -0.2) is 0 Å². The van der Waals surface area contributed by atoms with Crippen molar-refractivity contribution in [1.82, 2.24) is 0 Å². The second-order valence-corrected chi connectivity index (χ2v) is 6.79. The van der Waals surface area contributed by atoms with E-state index in [2.05, 4.69) is 12.2 Å². The summed E-state index contributed by atoms with van der Waals surface area (Å²) >= 11 is 0. The van der Waals surface area contributed by atoms with Gasteiger partial charge in [0.2, 0.25) is 0 Å². The molecule has 26 heavy (non-hydrogen) atoms. The molecule has 0 amide bonds. The fourth-order valence-electron chi connectivity index (χ4n) is 3.24. The van der Waals surface area contributed by atoms with Crippen LogP contribution in [0, 0.1) is 0 Å². The van der Waals surface area contributed by atoms with Crippen molar-refractivity contribution in [3.8, 4) is 11.5 Å². The molecule has 140 valence electrons. The van der Waals surface area contributed by atoms with Crippen LogP contribution in [-0.4, -0.2) is 35.6 Å². The van der Waals surface area contributed by atoms with Crippen molar-refractivity contribution in [3.63, 3.8) is 0 Å². The van der Waals surface area contributed by atoms with Crippen molar-refractivity contribution in [2.45, 2.75) is 51.7 Å². The maximum atomic E-state index is 9.93. The predicted molar refractivity (Wildman–Crippen MR) is 104 cm³/mol. The van der Waals surface area contributed by atoms with E-state index < -0.39 is 12.2 Å². The molecule has 1 aliphatic carbocycles. The average Bonchev–Trinajstić information content (AvgIpc) is 2.69. The molecule has 2 N–H and O–H groups in total. The number of hydrogen-bond acceptors (Lipinski definition) is 4. The first-order valence-corrected chi connectivity index (χ1v) is 9.48. The molecule has 3 rings (SSSR count). The number of aliphatic hydroxyl groups is 2. The van der Waals surface area contributed by atoms with Crippen LogP contribution in [0.15, 0.2) is 36.4 Å². The van der Waals surface area contributed by atoms with Crippen molar-refractivity contribution in [2.24, 2.45) is 0 Å². The van der Waals surface area contributed by atoms with Crippen molar-refractivity contribution in [3.05, 3.63) is 47.5 Å². The van der Waals surface area contributed by atoms with Crippen LogP contribution in [0.2, 0.25) is 0 Å². The van der Waals surface area contributed by atoms with Crippen LogP contribution in [0.5, 0.6) is 11.5 Å². The lowest BCUT2D eigenvalue weighted by atomic mass is 9.90.